The van der Waals surface area contributed by atoms with Crippen LogP contribution in [0.1, 0.15) is 0 Å². The van der Waals surface area contributed by atoms with Crippen molar-refractivity contribution < 1.29 is 4.42 Å². The number of pyridine rings is 1. The molecular weight excluding hydrogens is 228 g/mol. The van der Waals surface area contributed by atoms with E-state index in [9.17, 15) is 0 Å². The molecule has 5 heteroatoms. The summed E-state index contributed by atoms with van der Waals surface area (Å²) in [6, 6.07) is 1.82. The Balaban J connectivity index is 3.01. The minimum atomic E-state index is 0.347. The molecular formula is C6H3BrN2OS. The number of halogens is 1. The number of nitrogens with one attached hydrogen (secondary N) is 1. The van der Waals surface area contributed by atoms with Gasteiger partial charge in [-0.15, -0.1) is 0 Å². The Morgan fingerprint density at radius 1 is 1.64 bits per heavy atom. The number of oxazole rings is 1. The maximum Gasteiger partial charge on any atom is 0.268 e. The van der Waals surface area contributed by atoms with Gasteiger partial charge in [0.25, 0.3) is 4.84 Å². The summed E-state index contributed by atoms with van der Waals surface area (Å²) in [5.74, 6) is 0. The lowest BCUT2D eigenvalue weighted by Gasteiger charge is -1.87. The third kappa shape index (κ3) is 1.10. The number of nitrogens with zero attached hydrogens (tertiary/aromatic N) is 1. The summed E-state index contributed by atoms with van der Waals surface area (Å²) in [6.07, 6.45) is 1.65. The zero-order valence-electron chi connectivity index (χ0n) is 5.30. The van der Waals surface area contributed by atoms with E-state index >= 15 is 0 Å². The van der Waals surface area contributed by atoms with Crippen LogP contribution in [-0.2, 0) is 0 Å². The van der Waals surface area contributed by atoms with E-state index < -0.39 is 0 Å². The first kappa shape index (κ1) is 7.00. The lowest BCUT2D eigenvalue weighted by Crippen LogP contribution is -1.73. The number of rotatable bonds is 0. The molecule has 2 rings (SSSR count). The lowest BCUT2D eigenvalue weighted by atomic mass is 10.4. The van der Waals surface area contributed by atoms with Gasteiger partial charge in [-0.2, -0.15) is 0 Å². The van der Waals surface area contributed by atoms with Gasteiger partial charge in [-0.3, -0.25) is 0 Å². The molecule has 56 valence electrons. The van der Waals surface area contributed by atoms with Gasteiger partial charge in [-0.05, 0) is 34.2 Å². The monoisotopic (exact) mass is 230 g/mol. The van der Waals surface area contributed by atoms with Crippen LogP contribution in [0.5, 0.6) is 0 Å². The van der Waals surface area contributed by atoms with Gasteiger partial charge in [-0.25, -0.2) is 4.98 Å². The Bertz CT molecular complexity index is 447. The summed E-state index contributed by atoms with van der Waals surface area (Å²) >= 11 is 8.12. The van der Waals surface area contributed by atoms with Crippen molar-refractivity contribution in [3.8, 4) is 0 Å². The van der Waals surface area contributed by atoms with Crippen LogP contribution < -0.4 is 0 Å². The number of H-pyrrole nitrogens is 1. The molecule has 0 atom stereocenters. The highest BCUT2D eigenvalue weighted by molar-refractivity contribution is 9.10. The van der Waals surface area contributed by atoms with Crippen molar-refractivity contribution in [2.45, 2.75) is 0 Å². The standard InChI is InChI=1S/C6H3BrN2OS/c7-3-1-2-8-5-4(3)9-6(11)10-5/h1-2H,(H,9,11). The molecule has 0 bridgehead atoms. The summed E-state index contributed by atoms with van der Waals surface area (Å²) in [6.45, 7) is 0. The zero-order chi connectivity index (χ0) is 7.84. The summed E-state index contributed by atoms with van der Waals surface area (Å²) in [5.41, 5.74) is 1.34. The Hall–Kier alpha value is -0.680. The fourth-order valence-electron chi connectivity index (χ4n) is 0.826. The Morgan fingerprint density at radius 3 is 3.18 bits per heavy atom. The summed E-state index contributed by atoms with van der Waals surface area (Å²) in [4.78, 5) is 7.18. The number of hydrogen-bond donors (Lipinski definition) is 1. The molecule has 0 saturated heterocycles. The number of hydrogen-bond acceptors (Lipinski definition) is 3. The van der Waals surface area contributed by atoms with Crippen molar-refractivity contribution in [3.63, 3.8) is 0 Å². The largest absolute Gasteiger partial charge is 0.410 e. The molecule has 2 heterocycles. The topological polar surface area (TPSA) is 41.8 Å². The Morgan fingerprint density at radius 2 is 2.45 bits per heavy atom. The van der Waals surface area contributed by atoms with Gasteiger partial charge in [0.05, 0.1) is 0 Å². The molecule has 11 heavy (non-hydrogen) atoms. The van der Waals surface area contributed by atoms with Crippen LogP contribution in [0.3, 0.4) is 0 Å². The van der Waals surface area contributed by atoms with E-state index in [1.807, 2.05) is 6.07 Å². The van der Waals surface area contributed by atoms with Crippen LogP contribution in [0, 0.1) is 4.84 Å². The second-order valence-electron chi connectivity index (χ2n) is 1.99. The third-order valence-electron chi connectivity index (χ3n) is 1.28. The summed E-state index contributed by atoms with van der Waals surface area (Å²) in [5, 5.41) is 0. The van der Waals surface area contributed by atoms with Gasteiger partial charge in [0.2, 0.25) is 5.71 Å². The van der Waals surface area contributed by atoms with Crippen molar-refractivity contribution in [2.24, 2.45) is 0 Å². The molecule has 1 N–H and O–H groups in total. The van der Waals surface area contributed by atoms with E-state index in [4.69, 9.17) is 16.6 Å². The molecule has 0 unspecified atom stereocenters. The second kappa shape index (κ2) is 2.42. The first-order valence-corrected chi connectivity index (χ1v) is 4.11. The fourth-order valence-corrected chi connectivity index (χ4v) is 1.39. The van der Waals surface area contributed by atoms with E-state index in [1.165, 1.54) is 0 Å². The van der Waals surface area contributed by atoms with E-state index in [2.05, 4.69) is 25.9 Å². The molecule has 0 saturated carbocycles. The quantitative estimate of drug-likeness (QED) is 0.708. The van der Waals surface area contributed by atoms with Crippen molar-refractivity contribution in [3.05, 3.63) is 21.6 Å². The van der Waals surface area contributed by atoms with Crippen molar-refractivity contribution in [2.75, 3.05) is 0 Å². The average Bonchev–Trinajstić information content (AvgIpc) is 2.31. The summed E-state index contributed by atoms with van der Waals surface area (Å²) in [7, 11) is 0. The third-order valence-corrected chi connectivity index (χ3v) is 2.13. The van der Waals surface area contributed by atoms with Crippen molar-refractivity contribution in [1.29, 1.82) is 0 Å². The Kier molecular flexibility index (Phi) is 1.54. The van der Waals surface area contributed by atoms with Crippen LogP contribution in [0.2, 0.25) is 0 Å². The molecule has 0 fully saturated rings. The number of aromatic nitrogens is 2. The molecule has 0 amide bonds. The maximum atomic E-state index is 5.07. The van der Waals surface area contributed by atoms with Gasteiger partial charge < -0.3 is 9.40 Å². The van der Waals surface area contributed by atoms with E-state index in [1.54, 1.807) is 6.20 Å². The molecule has 0 aromatic carbocycles. The van der Waals surface area contributed by atoms with Gasteiger partial charge in [-0.1, -0.05) is 0 Å². The fraction of sp³-hybridized carbons (Fsp3) is 0. The second-order valence-corrected chi connectivity index (χ2v) is 3.21. The van der Waals surface area contributed by atoms with E-state index in [-0.39, 0.29) is 0 Å². The van der Waals surface area contributed by atoms with Crippen molar-refractivity contribution >= 4 is 39.4 Å². The van der Waals surface area contributed by atoms with E-state index in [0.717, 1.165) is 9.99 Å². The Labute approximate surface area is 75.6 Å². The van der Waals surface area contributed by atoms with Crippen LogP contribution in [0.15, 0.2) is 21.2 Å². The molecule has 0 radical (unpaired) electrons. The van der Waals surface area contributed by atoms with Crippen LogP contribution in [-0.4, -0.2) is 9.97 Å². The van der Waals surface area contributed by atoms with Gasteiger partial charge >= 0.3 is 0 Å². The first-order valence-electron chi connectivity index (χ1n) is 2.91. The molecule has 2 aromatic heterocycles. The van der Waals surface area contributed by atoms with Crippen LogP contribution >= 0.6 is 28.1 Å². The highest BCUT2D eigenvalue weighted by Crippen LogP contribution is 2.19. The smallest absolute Gasteiger partial charge is 0.268 e. The van der Waals surface area contributed by atoms with Crippen LogP contribution in [0.4, 0.5) is 0 Å². The van der Waals surface area contributed by atoms with Gasteiger partial charge in [0.1, 0.15) is 5.52 Å². The molecule has 0 aliphatic rings. The number of aromatic amines is 1. The van der Waals surface area contributed by atoms with Gasteiger partial charge in [0, 0.05) is 10.7 Å². The normalized spacial score (nSPS) is 10.6. The minimum absolute atomic E-state index is 0.347. The SMILES string of the molecule is S=c1[nH]c2c(Br)ccnc2o1. The maximum absolute atomic E-state index is 5.07. The van der Waals surface area contributed by atoms with Crippen molar-refractivity contribution in [1.82, 2.24) is 9.97 Å². The molecule has 3 nitrogen and oxygen atoms in total. The molecule has 0 aliphatic heterocycles. The zero-order valence-corrected chi connectivity index (χ0v) is 7.70. The minimum Gasteiger partial charge on any atom is -0.410 e. The highest BCUT2D eigenvalue weighted by atomic mass is 79.9. The predicted octanol–water partition coefficient (Wildman–Crippen LogP) is 2.65. The number of fused-ring (bicyclic) bond motifs is 1. The molecule has 2 aromatic rings. The lowest BCUT2D eigenvalue weighted by molar-refractivity contribution is 0.572. The molecule has 0 spiro atoms. The molecule has 0 aliphatic carbocycles. The average molecular weight is 231 g/mol. The predicted molar refractivity (Wildman–Crippen MR) is 46.9 cm³/mol. The first-order chi connectivity index (χ1) is 5.27. The van der Waals surface area contributed by atoms with Gasteiger partial charge in [0.15, 0.2) is 0 Å². The highest BCUT2D eigenvalue weighted by Gasteiger charge is 2.01. The summed E-state index contributed by atoms with van der Waals surface area (Å²) < 4.78 is 5.97. The van der Waals surface area contributed by atoms with Crippen LogP contribution in [0.25, 0.3) is 11.2 Å². The van der Waals surface area contributed by atoms with E-state index in [0.29, 0.717) is 10.6 Å².